The number of nitrogens with zero attached hydrogens (tertiary/aromatic N) is 1. The molecular formula is C24H24FNO5. The van der Waals surface area contributed by atoms with E-state index in [4.69, 9.17) is 14.2 Å². The highest BCUT2D eigenvalue weighted by Gasteiger charge is 2.41. The molecule has 2 aromatic rings. The van der Waals surface area contributed by atoms with Crippen LogP contribution in [-0.2, 0) is 9.59 Å². The molecule has 1 aliphatic carbocycles. The minimum absolute atomic E-state index is 0.0186. The summed E-state index contributed by atoms with van der Waals surface area (Å²) in [5.41, 5.74) is 1.95. The van der Waals surface area contributed by atoms with E-state index in [1.165, 1.54) is 32.3 Å². The maximum Gasteiger partial charge on any atom is 0.232 e. The molecule has 1 atom stereocenters. The molecule has 0 unspecified atom stereocenters. The van der Waals surface area contributed by atoms with Crippen molar-refractivity contribution in [2.75, 3.05) is 26.2 Å². The summed E-state index contributed by atoms with van der Waals surface area (Å²) in [5, 5.41) is 0. The summed E-state index contributed by atoms with van der Waals surface area (Å²) in [4.78, 5) is 27.7. The molecule has 162 valence electrons. The van der Waals surface area contributed by atoms with Gasteiger partial charge in [-0.15, -0.1) is 0 Å². The summed E-state index contributed by atoms with van der Waals surface area (Å²) in [7, 11) is 4.54. The van der Waals surface area contributed by atoms with Gasteiger partial charge in [-0.1, -0.05) is 18.2 Å². The molecule has 2 aliphatic rings. The number of anilines is 1. The third-order valence-corrected chi connectivity index (χ3v) is 5.88. The largest absolute Gasteiger partial charge is 0.493 e. The fourth-order valence-corrected chi connectivity index (χ4v) is 4.57. The van der Waals surface area contributed by atoms with Gasteiger partial charge < -0.3 is 14.2 Å². The van der Waals surface area contributed by atoms with Gasteiger partial charge in [-0.2, -0.15) is 0 Å². The molecule has 6 nitrogen and oxygen atoms in total. The first-order chi connectivity index (χ1) is 15.0. The molecule has 1 heterocycles. The van der Waals surface area contributed by atoms with Gasteiger partial charge in [0.1, 0.15) is 5.82 Å². The first-order valence-electron chi connectivity index (χ1n) is 10.1. The number of carbonyl (C=O) groups excluding carboxylic acids is 2. The van der Waals surface area contributed by atoms with Crippen LogP contribution in [0.4, 0.5) is 10.1 Å². The van der Waals surface area contributed by atoms with Crippen molar-refractivity contribution >= 4 is 17.4 Å². The molecule has 0 N–H and O–H groups in total. The van der Waals surface area contributed by atoms with E-state index in [9.17, 15) is 14.0 Å². The summed E-state index contributed by atoms with van der Waals surface area (Å²) in [6.07, 6.45) is 1.55. The lowest BCUT2D eigenvalue weighted by Gasteiger charge is -2.38. The first kappa shape index (κ1) is 20.9. The second-order valence-corrected chi connectivity index (χ2v) is 7.50. The average molecular weight is 425 g/mol. The monoisotopic (exact) mass is 425 g/mol. The zero-order valence-corrected chi connectivity index (χ0v) is 17.7. The third kappa shape index (κ3) is 3.44. The lowest BCUT2D eigenvalue weighted by Crippen LogP contribution is -2.41. The summed E-state index contributed by atoms with van der Waals surface area (Å²) < 4.78 is 31.0. The number of Topliss-reactive ketones (excluding diaryl/α,β-unsaturated/α-hetero) is 1. The number of halogens is 1. The van der Waals surface area contributed by atoms with Crippen LogP contribution in [0.2, 0.25) is 0 Å². The Labute approximate surface area is 180 Å². The Hall–Kier alpha value is -3.35. The van der Waals surface area contributed by atoms with Crippen molar-refractivity contribution in [1.29, 1.82) is 0 Å². The maximum absolute atomic E-state index is 14.6. The van der Waals surface area contributed by atoms with Gasteiger partial charge in [-0.25, -0.2) is 4.39 Å². The Morgan fingerprint density at radius 1 is 0.935 bits per heavy atom. The maximum atomic E-state index is 14.6. The van der Waals surface area contributed by atoms with E-state index in [0.717, 1.165) is 0 Å². The SMILES string of the molecule is COc1ccc([C@H]2CC(=O)N(c3ccccc3F)C3=C2C(=O)CCC3)c(OC)c1OC. The highest BCUT2D eigenvalue weighted by molar-refractivity contribution is 6.07. The van der Waals surface area contributed by atoms with Gasteiger partial charge in [-0.3, -0.25) is 14.5 Å². The summed E-state index contributed by atoms with van der Waals surface area (Å²) in [5.74, 6) is 0.0109. The summed E-state index contributed by atoms with van der Waals surface area (Å²) in [6.45, 7) is 0. The molecule has 0 saturated carbocycles. The van der Waals surface area contributed by atoms with Gasteiger partial charge in [-0.05, 0) is 31.0 Å². The normalized spacial score (nSPS) is 18.7. The Kier molecular flexibility index (Phi) is 5.67. The smallest absolute Gasteiger partial charge is 0.232 e. The topological polar surface area (TPSA) is 65.1 Å². The number of amides is 1. The molecule has 1 aliphatic heterocycles. The molecule has 0 aromatic heterocycles. The van der Waals surface area contributed by atoms with Crippen LogP contribution < -0.4 is 19.1 Å². The Morgan fingerprint density at radius 2 is 1.68 bits per heavy atom. The van der Waals surface area contributed by atoms with Gasteiger partial charge in [0.05, 0.1) is 27.0 Å². The van der Waals surface area contributed by atoms with Gasteiger partial charge in [0, 0.05) is 35.6 Å². The highest BCUT2D eigenvalue weighted by atomic mass is 19.1. The fraction of sp³-hybridized carbons (Fsp3) is 0.333. The summed E-state index contributed by atoms with van der Waals surface area (Å²) in [6, 6.07) is 9.67. The minimum Gasteiger partial charge on any atom is -0.493 e. The Morgan fingerprint density at radius 3 is 2.35 bits per heavy atom. The van der Waals surface area contributed by atoms with Crippen LogP contribution in [0.15, 0.2) is 47.7 Å². The predicted octanol–water partition coefficient (Wildman–Crippen LogP) is 4.38. The van der Waals surface area contributed by atoms with Crippen molar-refractivity contribution < 1.29 is 28.2 Å². The van der Waals surface area contributed by atoms with Gasteiger partial charge in [0.15, 0.2) is 17.3 Å². The molecule has 4 rings (SSSR count). The quantitative estimate of drug-likeness (QED) is 0.711. The number of rotatable bonds is 5. The number of ketones is 1. The van der Waals surface area contributed by atoms with Crippen LogP contribution in [0.1, 0.15) is 37.2 Å². The molecule has 0 fully saturated rings. The fourth-order valence-electron chi connectivity index (χ4n) is 4.57. The molecule has 7 heteroatoms. The van der Waals surface area contributed by atoms with Crippen molar-refractivity contribution in [3.8, 4) is 17.2 Å². The number of ether oxygens (including phenoxy) is 3. The van der Waals surface area contributed by atoms with Crippen molar-refractivity contribution in [3.05, 3.63) is 59.0 Å². The molecule has 0 saturated heterocycles. The molecule has 0 radical (unpaired) electrons. The van der Waals surface area contributed by atoms with Crippen LogP contribution in [0.5, 0.6) is 17.2 Å². The zero-order chi connectivity index (χ0) is 22.1. The molecule has 31 heavy (non-hydrogen) atoms. The van der Waals surface area contributed by atoms with E-state index in [1.54, 1.807) is 30.3 Å². The van der Waals surface area contributed by atoms with Gasteiger partial charge >= 0.3 is 0 Å². The lowest BCUT2D eigenvalue weighted by atomic mass is 9.76. The number of methoxy groups -OCH3 is 3. The number of hydrogen-bond acceptors (Lipinski definition) is 5. The van der Waals surface area contributed by atoms with E-state index in [2.05, 4.69) is 0 Å². The predicted molar refractivity (Wildman–Crippen MR) is 113 cm³/mol. The van der Waals surface area contributed by atoms with Crippen LogP contribution >= 0.6 is 0 Å². The first-order valence-corrected chi connectivity index (χ1v) is 10.1. The van der Waals surface area contributed by atoms with Crippen LogP contribution in [0.25, 0.3) is 0 Å². The number of para-hydroxylation sites is 1. The van der Waals surface area contributed by atoms with Crippen molar-refractivity contribution in [1.82, 2.24) is 0 Å². The van der Waals surface area contributed by atoms with Crippen LogP contribution in [0, 0.1) is 5.82 Å². The van der Waals surface area contributed by atoms with Gasteiger partial charge in [0.2, 0.25) is 11.7 Å². The van der Waals surface area contributed by atoms with E-state index >= 15 is 0 Å². The number of allylic oxidation sites excluding steroid dienone is 2. The van der Waals surface area contributed by atoms with Crippen LogP contribution in [-0.4, -0.2) is 33.0 Å². The second-order valence-electron chi connectivity index (χ2n) is 7.50. The second kappa shape index (κ2) is 8.41. The molecule has 1 amide bonds. The van der Waals surface area contributed by atoms with Crippen molar-refractivity contribution in [2.45, 2.75) is 31.6 Å². The van der Waals surface area contributed by atoms with E-state index < -0.39 is 11.7 Å². The van der Waals surface area contributed by atoms with E-state index in [1.807, 2.05) is 0 Å². The lowest BCUT2D eigenvalue weighted by molar-refractivity contribution is -0.120. The standard InChI is InChI=1S/C24H24FNO5/c1-29-20-12-11-14(23(30-2)24(20)31-3)15-13-21(28)26(17-8-5-4-7-16(17)25)18-9-6-10-19(27)22(15)18/h4-5,7-8,11-12,15H,6,9-10,13H2,1-3H3/t15-/m1/s1. The average Bonchev–Trinajstić information content (AvgIpc) is 2.78. The van der Waals surface area contributed by atoms with Crippen LogP contribution in [0.3, 0.4) is 0 Å². The van der Waals surface area contributed by atoms with E-state index in [0.29, 0.717) is 53.3 Å². The third-order valence-electron chi connectivity index (χ3n) is 5.88. The number of benzene rings is 2. The van der Waals surface area contributed by atoms with E-state index in [-0.39, 0.29) is 23.8 Å². The number of hydrogen-bond donors (Lipinski definition) is 0. The Bertz CT molecular complexity index is 1080. The Balaban J connectivity index is 1.92. The molecule has 0 spiro atoms. The molecule has 0 bridgehead atoms. The highest BCUT2D eigenvalue weighted by Crippen LogP contribution is 2.49. The van der Waals surface area contributed by atoms with Gasteiger partial charge in [0.25, 0.3) is 0 Å². The molecule has 2 aromatic carbocycles. The zero-order valence-electron chi connectivity index (χ0n) is 17.7. The number of carbonyl (C=O) groups is 2. The summed E-state index contributed by atoms with van der Waals surface area (Å²) >= 11 is 0. The van der Waals surface area contributed by atoms with Crippen molar-refractivity contribution in [2.24, 2.45) is 0 Å². The minimum atomic E-state index is -0.506. The molecular weight excluding hydrogens is 401 g/mol. The van der Waals surface area contributed by atoms with Crippen molar-refractivity contribution in [3.63, 3.8) is 0 Å².